The van der Waals surface area contributed by atoms with Crippen molar-refractivity contribution in [2.24, 2.45) is 0 Å². The van der Waals surface area contributed by atoms with Crippen LogP contribution in [0.4, 0.5) is 0 Å². The third-order valence-corrected chi connectivity index (χ3v) is 6.74. The fraction of sp³-hybridized carbons (Fsp3) is 0.381. The number of rotatable bonds is 5. The average molecular weight is 428 g/mol. The van der Waals surface area contributed by atoms with Gasteiger partial charge in [0.15, 0.2) is 5.69 Å². The van der Waals surface area contributed by atoms with Crippen molar-refractivity contribution in [3.05, 3.63) is 66.0 Å². The quantitative estimate of drug-likeness (QED) is 0.623. The lowest BCUT2D eigenvalue weighted by Crippen LogP contribution is -2.38. The molecule has 4 rings (SSSR count). The van der Waals surface area contributed by atoms with Gasteiger partial charge in [-0.2, -0.15) is 0 Å². The predicted octanol–water partition coefficient (Wildman–Crippen LogP) is 2.14. The summed E-state index contributed by atoms with van der Waals surface area (Å²) in [7, 11) is -1.53. The highest BCUT2D eigenvalue weighted by Crippen LogP contribution is 2.29. The second-order valence-corrected chi connectivity index (χ2v) is 9.70. The summed E-state index contributed by atoms with van der Waals surface area (Å²) in [4.78, 5) is 23.8. The summed E-state index contributed by atoms with van der Waals surface area (Å²) in [5.74, 6) is 0.478. The number of sulfonamides is 1. The fourth-order valence-electron chi connectivity index (χ4n) is 3.95. The second kappa shape index (κ2) is 8.16. The maximum atomic E-state index is 13.2. The molecule has 3 aromatic rings. The van der Waals surface area contributed by atoms with E-state index in [-0.39, 0.29) is 11.8 Å². The maximum Gasteiger partial charge on any atom is 0.274 e. The largest absolute Gasteiger partial charge is 0.334 e. The van der Waals surface area contributed by atoms with Crippen LogP contribution in [-0.4, -0.2) is 64.3 Å². The molecule has 1 fully saturated rings. The van der Waals surface area contributed by atoms with Crippen LogP contribution in [0.3, 0.4) is 0 Å². The van der Waals surface area contributed by atoms with Crippen LogP contribution in [0.5, 0.6) is 0 Å². The molecule has 9 heteroatoms. The molecule has 1 aliphatic heterocycles. The lowest BCUT2D eigenvalue weighted by atomic mass is 9.99. The van der Waals surface area contributed by atoms with Gasteiger partial charge in [-0.25, -0.2) is 17.7 Å². The van der Waals surface area contributed by atoms with Crippen molar-refractivity contribution in [2.75, 3.05) is 26.4 Å². The Morgan fingerprint density at radius 1 is 1.23 bits per heavy atom. The van der Waals surface area contributed by atoms with E-state index in [1.165, 1.54) is 10.6 Å². The summed E-state index contributed by atoms with van der Waals surface area (Å²) < 4.78 is 27.5. The molecule has 3 aromatic heterocycles. The smallest absolute Gasteiger partial charge is 0.274 e. The molecule has 8 nitrogen and oxygen atoms in total. The SMILES string of the molecule is CN(Cc1ccccn1)C(=O)c1nc([C@@H]2CCCN(S(C)(=O)=O)C2)n2ccccc12. The average Bonchev–Trinajstić information content (AvgIpc) is 3.13. The molecular weight excluding hydrogens is 402 g/mol. The summed E-state index contributed by atoms with van der Waals surface area (Å²) >= 11 is 0. The van der Waals surface area contributed by atoms with E-state index in [9.17, 15) is 13.2 Å². The molecule has 0 saturated carbocycles. The van der Waals surface area contributed by atoms with Crippen molar-refractivity contribution in [3.63, 3.8) is 0 Å². The van der Waals surface area contributed by atoms with Crippen LogP contribution in [0.15, 0.2) is 48.8 Å². The number of piperidine rings is 1. The van der Waals surface area contributed by atoms with Gasteiger partial charge in [0, 0.05) is 38.4 Å². The molecular formula is C21H25N5O3S. The molecule has 158 valence electrons. The number of carbonyl (C=O) groups is 1. The standard InChI is InChI=1S/C21H25N5O3S/c1-24(15-17-9-3-5-11-22-17)21(27)19-18-10-4-6-13-26(18)20(23-19)16-8-7-12-25(14-16)30(2,28)29/h3-6,9-11,13,16H,7-8,12,14-15H2,1-2H3/t16-/m1/s1. The molecule has 1 aliphatic rings. The Morgan fingerprint density at radius 3 is 2.77 bits per heavy atom. The minimum Gasteiger partial charge on any atom is -0.334 e. The molecule has 0 spiro atoms. The zero-order valence-electron chi connectivity index (χ0n) is 17.1. The molecule has 0 bridgehead atoms. The zero-order chi connectivity index (χ0) is 21.3. The Labute approximate surface area is 176 Å². The first kappa shape index (κ1) is 20.5. The van der Waals surface area contributed by atoms with E-state index >= 15 is 0 Å². The number of hydrogen-bond donors (Lipinski definition) is 0. The number of imidazole rings is 1. The highest BCUT2D eigenvalue weighted by Gasteiger charge is 2.31. The highest BCUT2D eigenvalue weighted by molar-refractivity contribution is 7.88. The maximum absolute atomic E-state index is 13.2. The van der Waals surface area contributed by atoms with Crippen molar-refractivity contribution < 1.29 is 13.2 Å². The number of hydrogen-bond acceptors (Lipinski definition) is 5. The number of nitrogens with zero attached hydrogens (tertiary/aromatic N) is 5. The van der Waals surface area contributed by atoms with E-state index < -0.39 is 10.0 Å². The lowest BCUT2D eigenvalue weighted by molar-refractivity contribution is 0.0780. The summed E-state index contributed by atoms with van der Waals surface area (Å²) in [6, 6.07) is 11.2. The number of aromatic nitrogens is 3. The Kier molecular flexibility index (Phi) is 5.57. The fourth-order valence-corrected chi connectivity index (χ4v) is 4.86. The topological polar surface area (TPSA) is 87.9 Å². The minimum absolute atomic E-state index is 0.0639. The van der Waals surface area contributed by atoms with E-state index in [0.29, 0.717) is 25.3 Å². The Balaban J connectivity index is 1.66. The van der Waals surface area contributed by atoms with Gasteiger partial charge in [-0.1, -0.05) is 12.1 Å². The Morgan fingerprint density at radius 2 is 2.03 bits per heavy atom. The molecule has 1 atom stereocenters. The number of pyridine rings is 2. The van der Waals surface area contributed by atoms with Gasteiger partial charge in [0.2, 0.25) is 10.0 Å². The predicted molar refractivity (Wildman–Crippen MR) is 114 cm³/mol. The first-order valence-corrected chi connectivity index (χ1v) is 11.8. The molecule has 4 heterocycles. The first-order chi connectivity index (χ1) is 14.3. The van der Waals surface area contributed by atoms with Gasteiger partial charge in [0.05, 0.1) is 24.0 Å². The monoisotopic (exact) mass is 427 g/mol. The van der Waals surface area contributed by atoms with Gasteiger partial charge >= 0.3 is 0 Å². The van der Waals surface area contributed by atoms with Gasteiger partial charge < -0.3 is 9.30 Å². The van der Waals surface area contributed by atoms with Gasteiger partial charge in [-0.15, -0.1) is 0 Å². The third-order valence-electron chi connectivity index (χ3n) is 5.47. The molecule has 1 amide bonds. The van der Waals surface area contributed by atoms with E-state index in [4.69, 9.17) is 4.98 Å². The van der Waals surface area contributed by atoms with Gasteiger partial charge in [0.1, 0.15) is 5.82 Å². The zero-order valence-corrected chi connectivity index (χ0v) is 17.9. The molecule has 0 N–H and O–H groups in total. The van der Waals surface area contributed by atoms with Gasteiger partial charge in [-0.3, -0.25) is 9.78 Å². The third kappa shape index (κ3) is 4.08. The van der Waals surface area contributed by atoms with E-state index in [0.717, 1.165) is 29.9 Å². The van der Waals surface area contributed by atoms with E-state index in [2.05, 4.69) is 4.98 Å². The molecule has 30 heavy (non-hydrogen) atoms. The number of amides is 1. The molecule has 0 radical (unpaired) electrons. The van der Waals surface area contributed by atoms with E-state index in [1.54, 1.807) is 18.1 Å². The van der Waals surface area contributed by atoms with Crippen LogP contribution >= 0.6 is 0 Å². The summed E-state index contributed by atoms with van der Waals surface area (Å²) in [5.41, 5.74) is 1.90. The van der Waals surface area contributed by atoms with Crippen molar-refractivity contribution in [1.29, 1.82) is 0 Å². The van der Waals surface area contributed by atoms with Gasteiger partial charge in [-0.05, 0) is 37.1 Å². The summed E-state index contributed by atoms with van der Waals surface area (Å²) in [5, 5.41) is 0. The highest BCUT2D eigenvalue weighted by atomic mass is 32.2. The molecule has 1 saturated heterocycles. The van der Waals surface area contributed by atoms with E-state index in [1.807, 2.05) is 47.0 Å². The summed E-state index contributed by atoms with van der Waals surface area (Å²) in [6.45, 7) is 1.29. The summed E-state index contributed by atoms with van der Waals surface area (Å²) in [6.07, 6.45) is 6.42. The van der Waals surface area contributed by atoms with Crippen LogP contribution in [0.2, 0.25) is 0 Å². The normalized spacial score (nSPS) is 17.9. The number of carbonyl (C=O) groups excluding carboxylic acids is 1. The van der Waals surface area contributed by atoms with Crippen LogP contribution in [0, 0.1) is 0 Å². The van der Waals surface area contributed by atoms with Crippen LogP contribution in [0.25, 0.3) is 5.52 Å². The Hall–Kier alpha value is -2.78. The van der Waals surface area contributed by atoms with Gasteiger partial charge in [0.25, 0.3) is 5.91 Å². The Bertz CT molecular complexity index is 1160. The molecule has 0 unspecified atom stereocenters. The van der Waals surface area contributed by atoms with Crippen molar-refractivity contribution in [3.8, 4) is 0 Å². The van der Waals surface area contributed by atoms with Crippen molar-refractivity contribution >= 4 is 21.4 Å². The van der Waals surface area contributed by atoms with Crippen LogP contribution in [0.1, 0.15) is 40.8 Å². The van der Waals surface area contributed by atoms with Crippen LogP contribution in [-0.2, 0) is 16.6 Å². The second-order valence-electron chi connectivity index (χ2n) is 7.72. The minimum atomic E-state index is -3.26. The van der Waals surface area contributed by atoms with Crippen molar-refractivity contribution in [2.45, 2.75) is 25.3 Å². The first-order valence-electron chi connectivity index (χ1n) is 9.92. The molecule has 0 aliphatic carbocycles. The lowest BCUT2D eigenvalue weighted by Gasteiger charge is -2.30. The molecule has 0 aromatic carbocycles. The number of fused-ring (bicyclic) bond motifs is 1. The van der Waals surface area contributed by atoms with Crippen molar-refractivity contribution in [1.82, 2.24) is 23.6 Å². The van der Waals surface area contributed by atoms with Crippen LogP contribution < -0.4 is 0 Å².